The van der Waals surface area contributed by atoms with Crippen LogP contribution in [0.4, 0.5) is 11.4 Å². The lowest BCUT2D eigenvalue weighted by atomic mass is 10.2. The normalized spacial score (nSPS) is 10.4. The van der Waals surface area contributed by atoms with E-state index >= 15 is 0 Å². The average molecular weight is 325 g/mol. The van der Waals surface area contributed by atoms with Gasteiger partial charge < -0.3 is 21.3 Å². The van der Waals surface area contributed by atoms with Crippen LogP contribution in [0.15, 0.2) is 18.2 Å². The van der Waals surface area contributed by atoms with E-state index in [4.69, 9.17) is 24.4 Å². The van der Waals surface area contributed by atoms with E-state index in [2.05, 4.69) is 49.0 Å². The van der Waals surface area contributed by atoms with Gasteiger partial charge in [0.25, 0.3) is 0 Å². The van der Waals surface area contributed by atoms with E-state index in [-0.39, 0.29) is 0 Å². The van der Waals surface area contributed by atoms with Crippen LogP contribution in [-0.4, -0.2) is 22.3 Å². The molecule has 0 fully saturated rings. The van der Waals surface area contributed by atoms with Gasteiger partial charge in [0.15, 0.2) is 10.2 Å². The summed E-state index contributed by atoms with van der Waals surface area (Å²) in [6.45, 7) is 10.2. The molecule has 1 aromatic rings. The van der Waals surface area contributed by atoms with Gasteiger partial charge in [-0.3, -0.25) is 0 Å². The Kier molecular flexibility index (Phi) is 6.84. The molecule has 0 aliphatic heterocycles. The third kappa shape index (κ3) is 6.73. The molecule has 1 rings (SSSR count). The summed E-state index contributed by atoms with van der Waals surface area (Å²) in [6.07, 6.45) is 0. The van der Waals surface area contributed by atoms with Gasteiger partial charge in [-0.2, -0.15) is 0 Å². The van der Waals surface area contributed by atoms with Crippen LogP contribution in [-0.2, 0) is 0 Å². The molecule has 21 heavy (non-hydrogen) atoms. The third-order valence-corrected chi connectivity index (χ3v) is 3.01. The van der Waals surface area contributed by atoms with Crippen LogP contribution in [0.3, 0.4) is 0 Å². The molecule has 0 aliphatic carbocycles. The molecule has 0 saturated heterocycles. The second kappa shape index (κ2) is 8.14. The summed E-state index contributed by atoms with van der Waals surface area (Å²) in [6, 6.07) is 6.62. The van der Waals surface area contributed by atoms with Crippen molar-refractivity contribution >= 4 is 46.0 Å². The minimum Gasteiger partial charge on any atom is -0.360 e. The largest absolute Gasteiger partial charge is 0.360 e. The first-order valence-electron chi connectivity index (χ1n) is 7.03. The number of aryl methyl sites for hydroxylation is 1. The quantitative estimate of drug-likeness (QED) is 0.637. The molecule has 0 saturated carbocycles. The first-order chi connectivity index (χ1) is 9.77. The van der Waals surface area contributed by atoms with E-state index in [1.54, 1.807) is 0 Å². The van der Waals surface area contributed by atoms with Crippen LogP contribution in [0.1, 0.15) is 33.3 Å². The average Bonchev–Trinajstić information content (AvgIpc) is 2.30. The molecule has 6 heteroatoms. The summed E-state index contributed by atoms with van der Waals surface area (Å²) in [5, 5.41) is 13.9. The van der Waals surface area contributed by atoms with E-state index in [1.807, 2.05) is 25.1 Å². The summed E-state index contributed by atoms with van der Waals surface area (Å²) in [7, 11) is 0. The number of benzene rings is 1. The minimum atomic E-state index is 0.311. The maximum Gasteiger partial charge on any atom is 0.170 e. The van der Waals surface area contributed by atoms with Gasteiger partial charge in [0.05, 0.1) is 0 Å². The monoisotopic (exact) mass is 324 g/mol. The highest BCUT2D eigenvalue weighted by molar-refractivity contribution is 7.80. The molecular formula is C15H24N4S2. The number of nitrogens with one attached hydrogen (secondary N) is 4. The van der Waals surface area contributed by atoms with Gasteiger partial charge in [0.1, 0.15) is 0 Å². The molecular weight excluding hydrogens is 300 g/mol. The van der Waals surface area contributed by atoms with Crippen LogP contribution in [0.5, 0.6) is 0 Å². The van der Waals surface area contributed by atoms with E-state index in [0.29, 0.717) is 22.3 Å². The lowest BCUT2D eigenvalue weighted by Crippen LogP contribution is -2.34. The molecule has 0 aliphatic rings. The molecule has 116 valence electrons. The van der Waals surface area contributed by atoms with Crippen LogP contribution >= 0.6 is 24.4 Å². The zero-order chi connectivity index (χ0) is 16.0. The summed E-state index contributed by atoms with van der Waals surface area (Å²) >= 11 is 10.5. The van der Waals surface area contributed by atoms with Crippen molar-refractivity contribution in [2.75, 3.05) is 10.6 Å². The van der Waals surface area contributed by atoms with Crippen molar-refractivity contribution < 1.29 is 0 Å². The second-order valence-corrected chi connectivity index (χ2v) is 6.35. The predicted octanol–water partition coefficient (Wildman–Crippen LogP) is 3.38. The topological polar surface area (TPSA) is 48.1 Å². The van der Waals surface area contributed by atoms with Crippen LogP contribution in [0, 0.1) is 6.92 Å². The molecule has 0 spiro atoms. The van der Waals surface area contributed by atoms with Crippen molar-refractivity contribution in [1.29, 1.82) is 0 Å². The fourth-order valence-electron chi connectivity index (χ4n) is 1.73. The number of hydrogen-bond donors (Lipinski definition) is 4. The third-order valence-electron chi connectivity index (χ3n) is 2.57. The van der Waals surface area contributed by atoms with Crippen molar-refractivity contribution in [2.24, 2.45) is 0 Å². The van der Waals surface area contributed by atoms with Gasteiger partial charge in [-0.25, -0.2) is 0 Å². The molecule has 0 bridgehead atoms. The molecule has 0 amide bonds. The standard InChI is InChI=1S/C15H24N4S2/c1-9(2)16-14(20)18-12-6-7-13(11(5)8-12)19-15(21)17-10(3)4/h6-10H,1-5H3,(H2,16,18,20)(H2,17,19,21). The van der Waals surface area contributed by atoms with Crippen molar-refractivity contribution in [3.8, 4) is 0 Å². The maximum absolute atomic E-state index is 5.25. The number of anilines is 2. The van der Waals surface area contributed by atoms with Crippen LogP contribution in [0.2, 0.25) is 0 Å². The Balaban J connectivity index is 2.67. The van der Waals surface area contributed by atoms with Gasteiger partial charge in [-0.05, 0) is 82.8 Å². The number of hydrogen-bond acceptors (Lipinski definition) is 2. The highest BCUT2D eigenvalue weighted by Gasteiger charge is 2.05. The van der Waals surface area contributed by atoms with Gasteiger partial charge in [-0.15, -0.1) is 0 Å². The molecule has 0 atom stereocenters. The predicted molar refractivity (Wildman–Crippen MR) is 100 cm³/mol. The zero-order valence-electron chi connectivity index (χ0n) is 13.2. The first-order valence-corrected chi connectivity index (χ1v) is 7.85. The molecule has 4 nitrogen and oxygen atoms in total. The molecule has 0 aromatic heterocycles. The van der Waals surface area contributed by atoms with Crippen molar-refractivity contribution in [3.05, 3.63) is 23.8 Å². The van der Waals surface area contributed by atoms with Crippen molar-refractivity contribution in [2.45, 2.75) is 46.7 Å². The fraction of sp³-hybridized carbons (Fsp3) is 0.467. The van der Waals surface area contributed by atoms with Crippen molar-refractivity contribution in [1.82, 2.24) is 10.6 Å². The summed E-state index contributed by atoms with van der Waals surface area (Å²) in [4.78, 5) is 0. The Labute approximate surface area is 138 Å². The minimum absolute atomic E-state index is 0.311. The SMILES string of the molecule is Cc1cc(NC(=S)NC(C)C)ccc1NC(=S)NC(C)C. The summed E-state index contributed by atoms with van der Waals surface area (Å²) in [5.74, 6) is 0. The van der Waals surface area contributed by atoms with Gasteiger partial charge in [0, 0.05) is 23.5 Å². The second-order valence-electron chi connectivity index (χ2n) is 5.54. The zero-order valence-corrected chi connectivity index (χ0v) is 14.8. The van der Waals surface area contributed by atoms with Crippen LogP contribution < -0.4 is 21.3 Å². The summed E-state index contributed by atoms with van der Waals surface area (Å²) in [5.41, 5.74) is 3.04. The smallest absolute Gasteiger partial charge is 0.170 e. The van der Waals surface area contributed by atoms with Gasteiger partial charge in [-0.1, -0.05) is 0 Å². The van der Waals surface area contributed by atoms with Crippen LogP contribution in [0.25, 0.3) is 0 Å². The van der Waals surface area contributed by atoms with Crippen molar-refractivity contribution in [3.63, 3.8) is 0 Å². The molecule has 0 unspecified atom stereocenters. The van der Waals surface area contributed by atoms with E-state index < -0.39 is 0 Å². The Bertz CT molecular complexity index is 512. The lowest BCUT2D eigenvalue weighted by molar-refractivity contribution is 0.738. The summed E-state index contributed by atoms with van der Waals surface area (Å²) < 4.78 is 0. The fourth-order valence-corrected chi connectivity index (χ4v) is 2.43. The van der Waals surface area contributed by atoms with E-state index in [0.717, 1.165) is 16.9 Å². The first kappa shape index (κ1) is 17.7. The molecule has 1 aromatic carbocycles. The Hall–Kier alpha value is -1.40. The molecule has 0 radical (unpaired) electrons. The highest BCUT2D eigenvalue weighted by atomic mass is 32.1. The van der Waals surface area contributed by atoms with E-state index in [9.17, 15) is 0 Å². The Morgan fingerprint density at radius 2 is 1.43 bits per heavy atom. The Morgan fingerprint density at radius 3 is 1.90 bits per heavy atom. The number of rotatable bonds is 4. The van der Waals surface area contributed by atoms with Gasteiger partial charge in [0.2, 0.25) is 0 Å². The Morgan fingerprint density at radius 1 is 0.905 bits per heavy atom. The molecule has 0 heterocycles. The maximum atomic E-state index is 5.25. The lowest BCUT2D eigenvalue weighted by Gasteiger charge is -2.17. The number of thiocarbonyl (C=S) groups is 2. The van der Waals surface area contributed by atoms with Gasteiger partial charge >= 0.3 is 0 Å². The highest BCUT2D eigenvalue weighted by Crippen LogP contribution is 2.19. The van der Waals surface area contributed by atoms with E-state index in [1.165, 1.54) is 0 Å². The molecule has 4 N–H and O–H groups in total.